The van der Waals surface area contributed by atoms with Crippen molar-refractivity contribution in [1.82, 2.24) is 14.5 Å². The molecule has 4 rings (SSSR count). The number of rotatable bonds is 5. The maximum Gasteiger partial charge on any atom is 0.103 e. The Balaban J connectivity index is 1.52. The molecule has 0 aliphatic rings. The van der Waals surface area contributed by atoms with Crippen LogP contribution in [0.4, 0.5) is 5.69 Å². The SMILES string of the molecule is N#Cc1cnc2ccccc2c1NCc1ccc(Cn2ccnc2)cc1. The monoisotopic (exact) mass is 339 g/mol. The van der Waals surface area contributed by atoms with Crippen LogP contribution >= 0.6 is 0 Å². The second-order valence-electron chi connectivity index (χ2n) is 6.08. The Morgan fingerprint density at radius 1 is 1.04 bits per heavy atom. The number of nitrogens with one attached hydrogen (secondary N) is 1. The van der Waals surface area contributed by atoms with Crippen LogP contribution in [0.15, 0.2) is 73.4 Å². The third kappa shape index (κ3) is 3.26. The van der Waals surface area contributed by atoms with E-state index in [1.54, 1.807) is 12.4 Å². The van der Waals surface area contributed by atoms with E-state index in [1.807, 2.05) is 41.4 Å². The van der Waals surface area contributed by atoms with E-state index >= 15 is 0 Å². The number of pyridine rings is 1. The second kappa shape index (κ2) is 7.08. The number of hydrogen-bond donors (Lipinski definition) is 1. The molecule has 4 aromatic rings. The van der Waals surface area contributed by atoms with Gasteiger partial charge in [0.1, 0.15) is 6.07 Å². The quantitative estimate of drug-likeness (QED) is 0.597. The van der Waals surface area contributed by atoms with Gasteiger partial charge in [-0.3, -0.25) is 4.98 Å². The maximum atomic E-state index is 9.40. The molecule has 0 spiro atoms. The van der Waals surface area contributed by atoms with E-state index in [-0.39, 0.29) is 0 Å². The first-order valence-electron chi connectivity index (χ1n) is 8.39. The van der Waals surface area contributed by atoms with Crippen LogP contribution in [0.5, 0.6) is 0 Å². The Bertz CT molecular complexity index is 1060. The van der Waals surface area contributed by atoms with Crippen LogP contribution in [-0.2, 0) is 13.1 Å². The highest BCUT2D eigenvalue weighted by Gasteiger charge is 2.08. The fraction of sp³-hybridized carbons (Fsp3) is 0.0952. The van der Waals surface area contributed by atoms with Gasteiger partial charge in [-0.05, 0) is 17.2 Å². The summed E-state index contributed by atoms with van der Waals surface area (Å²) in [6, 6.07) is 18.5. The number of anilines is 1. The highest BCUT2D eigenvalue weighted by molar-refractivity contribution is 5.93. The number of nitrogens with zero attached hydrogens (tertiary/aromatic N) is 4. The lowest BCUT2D eigenvalue weighted by atomic mass is 10.1. The zero-order valence-electron chi connectivity index (χ0n) is 14.1. The molecule has 2 aromatic heterocycles. The first kappa shape index (κ1) is 15.9. The molecule has 0 radical (unpaired) electrons. The number of imidazole rings is 1. The zero-order chi connectivity index (χ0) is 17.8. The minimum atomic E-state index is 0.556. The van der Waals surface area contributed by atoms with Gasteiger partial charge in [0.15, 0.2) is 0 Å². The van der Waals surface area contributed by atoms with Crippen LogP contribution in [0.1, 0.15) is 16.7 Å². The lowest BCUT2D eigenvalue weighted by Gasteiger charge is -2.12. The number of fused-ring (bicyclic) bond motifs is 1. The molecule has 126 valence electrons. The van der Waals surface area contributed by atoms with Gasteiger partial charge in [-0.25, -0.2) is 4.98 Å². The van der Waals surface area contributed by atoms with E-state index in [9.17, 15) is 5.26 Å². The molecule has 0 bridgehead atoms. The third-order valence-electron chi connectivity index (χ3n) is 4.31. The van der Waals surface area contributed by atoms with Crippen molar-refractivity contribution in [2.24, 2.45) is 0 Å². The van der Waals surface area contributed by atoms with Gasteiger partial charge in [-0.2, -0.15) is 5.26 Å². The molecule has 0 saturated heterocycles. The molecule has 0 aliphatic heterocycles. The highest BCUT2D eigenvalue weighted by atomic mass is 15.0. The standard InChI is InChI=1S/C21H17N5/c22-11-18-13-24-20-4-2-1-3-19(20)21(18)25-12-16-5-7-17(8-6-16)14-26-10-9-23-15-26/h1-10,13,15H,12,14H2,(H,24,25). The Labute approximate surface area is 151 Å². The molecule has 2 heterocycles. The zero-order valence-corrected chi connectivity index (χ0v) is 14.1. The van der Waals surface area contributed by atoms with E-state index in [1.165, 1.54) is 5.56 Å². The topological polar surface area (TPSA) is 66.5 Å². The summed E-state index contributed by atoms with van der Waals surface area (Å²) >= 11 is 0. The average molecular weight is 339 g/mol. The van der Waals surface area contributed by atoms with Gasteiger partial charge in [-0.15, -0.1) is 0 Å². The van der Waals surface area contributed by atoms with E-state index in [2.05, 4.69) is 45.6 Å². The fourth-order valence-corrected chi connectivity index (χ4v) is 2.96. The second-order valence-corrected chi connectivity index (χ2v) is 6.08. The normalized spacial score (nSPS) is 10.6. The summed E-state index contributed by atoms with van der Waals surface area (Å²) in [5, 5.41) is 13.8. The van der Waals surface area contributed by atoms with Gasteiger partial charge in [0, 0.05) is 37.1 Å². The number of benzene rings is 2. The van der Waals surface area contributed by atoms with Crippen LogP contribution in [0.2, 0.25) is 0 Å². The molecule has 5 heteroatoms. The molecule has 0 fully saturated rings. The summed E-state index contributed by atoms with van der Waals surface area (Å²) in [7, 11) is 0. The summed E-state index contributed by atoms with van der Waals surface area (Å²) in [5.41, 5.74) is 4.65. The molecule has 5 nitrogen and oxygen atoms in total. The summed E-state index contributed by atoms with van der Waals surface area (Å²) in [6.07, 6.45) is 7.17. The molecule has 0 atom stereocenters. The van der Waals surface area contributed by atoms with Crippen LogP contribution in [0.25, 0.3) is 10.9 Å². The Hall–Kier alpha value is -3.65. The number of nitriles is 1. The van der Waals surface area contributed by atoms with Gasteiger partial charge in [0.25, 0.3) is 0 Å². The molecule has 2 aromatic carbocycles. The molecule has 26 heavy (non-hydrogen) atoms. The summed E-state index contributed by atoms with van der Waals surface area (Å²) in [4.78, 5) is 8.41. The number of para-hydroxylation sites is 1. The van der Waals surface area contributed by atoms with Crippen molar-refractivity contribution >= 4 is 16.6 Å². The van der Waals surface area contributed by atoms with Crippen LogP contribution in [-0.4, -0.2) is 14.5 Å². The van der Waals surface area contributed by atoms with Crippen molar-refractivity contribution in [1.29, 1.82) is 5.26 Å². The van der Waals surface area contributed by atoms with E-state index in [4.69, 9.17) is 0 Å². The predicted octanol–water partition coefficient (Wildman–Crippen LogP) is 3.96. The predicted molar refractivity (Wildman–Crippen MR) is 102 cm³/mol. The molecule has 0 saturated carbocycles. The fourth-order valence-electron chi connectivity index (χ4n) is 2.96. The van der Waals surface area contributed by atoms with E-state index in [0.29, 0.717) is 12.1 Å². The lowest BCUT2D eigenvalue weighted by Crippen LogP contribution is -2.03. The summed E-state index contributed by atoms with van der Waals surface area (Å²) in [5.74, 6) is 0. The lowest BCUT2D eigenvalue weighted by molar-refractivity contribution is 0.797. The van der Waals surface area contributed by atoms with Gasteiger partial charge < -0.3 is 9.88 Å². The van der Waals surface area contributed by atoms with Gasteiger partial charge in [0.05, 0.1) is 23.1 Å². The Kier molecular flexibility index (Phi) is 4.31. The van der Waals surface area contributed by atoms with E-state index < -0.39 is 0 Å². The first-order chi connectivity index (χ1) is 12.8. The minimum Gasteiger partial charge on any atom is -0.379 e. The highest BCUT2D eigenvalue weighted by Crippen LogP contribution is 2.25. The molecule has 1 N–H and O–H groups in total. The van der Waals surface area contributed by atoms with Crippen LogP contribution < -0.4 is 5.32 Å². The molecule has 0 aliphatic carbocycles. The van der Waals surface area contributed by atoms with Crippen LogP contribution in [0.3, 0.4) is 0 Å². The van der Waals surface area contributed by atoms with Crippen molar-refractivity contribution in [3.05, 3.63) is 90.1 Å². The maximum absolute atomic E-state index is 9.40. The smallest absolute Gasteiger partial charge is 0.103 e. The first-order valence-corrected chi connectivity index (χ1v) is 8.39. The molecule has 0 amide bonds. The van der Waals surface area contributed by atoms with Gasteiger partial charge in [-0.1, -0.05) is 42.5 Å². The van der Waals surface area contributed by atoms with Gasteiger partial charge in [0.2, 0.25) is 0 Å². The Morgan fingerprint density at radius 3 is 2.62 bits per heavy atom. The van der Waals surface area contributed by atoms with Crippen molar-refractivity contribution in [3.8, 4) is 6.07 Å². The minimum absolute atomic E-state index is 0.556. The summed E-state index contributed by atoms with van der Waals surface area (Å²) < 4.78 is 2.04. The molecule has 0 unspecified atom stereocenters. The Morgan fingerprint density at radius 2 is 1.85 bits per heavy atom. The third-order valence-corrected chi connectivity index (χ3v) is 4.31. The molecular formula is C21H17N5. The van der Waals surface area contributed by atoms with Gasteiger partial charge >= 0.3 is 0 Å². The largest absolute Gasteiger partial charge is 0.379 e. The summed E-state index contributed by atoms with van der Waals surface area (Å²) in [6.45, 7) is 1.45. The van der Waals surface area contributed by atoms with Crippen LogP contribution in [0, 0.1) is 11.3 Å². The van der Waals surface area contributed by atoms with E-state index in [0.717, 1.165) is 28.7 Å². The van der Waals surface area contributed by atoms with Crippen molar-refractivity contribution in [3.63, 3.8) is 0 Å². The molecular weight excluding hydrogens is 322 g/mol. The van der Waals surface area contributed by atoms with Crippen molar-refractivity contribution < 1.29 is 0 Å². The van der Waals surface area contributed by atoms with Crippen molar-refractivity contribution in [2.75, 3.05) is 5.32 Å². The number of hydrogen-bond acceptors (Lipinski definition) is 4. The average Bonchev–Trinajstić information content (AvgIpc) is 3.20. The number of aromatic nitrogens is 3. The van der Waals surface area contributed by atoms with Crippen molar-refractivity contribution in [2.45, 2.75) is 13.1 Å².